The van der Waals surface area contributed by atoms with E-state index < -0.39 is 0 Å². The van der Waals surface area contributed by atoms with Crippen molar-refractivity contribution in [3.05, 3.63) is 0 Å². The predicted molar refractivity (Wildman–Crippen MR) is 51.1 cm³/mol. The molecule has 2 aliphatic rings. The van der Waals surface area contributed by atoms with Gasteiger partial charge in [0.05, 0.1) is 12.0 Å². The molecule has 2 heterocycles. The highest BCUT2D eigenvalue weighted by atomic mass is 35.5. The van der Waals surface area contributed by atoms with E-state index in [1.807, 2.05) is 11.8 Å². The van der Waals surface area contributed by atoms with Crippen LogP contribution < -0.4 is 10.8 Å². The Morgan fingerprint density at radius 1 is 1.58 bits per heavy atom. The molecule has 0 amide bonds. The lowest BCUT2D eigenvalue weighted by atomic mass is 10.2. The molecule has 0 spiro atoms. The van der Waals surface area contributed by atoms with E-state index in [4.69, 9.17) is 16.4 Å². The number of halogens is 1. The zero-order chi connectivity index (χ0) is 8.39. The van der Waals surface area contributed by atoms with E-state index in [0.29, 0.717) is 11.1 Å². The molecule has 12 heavy (non-hydrogen) atoms. The van der Waals surface area contributed by atoms with Crippen LogP contribution in [0.4, 0.5) is 0 Å². The summed E-state index contributed by atoms with van der Waals surface area (Å²) < 4.78 is 0. The fourth-order valence-corrected chi connectivity index (χ4v) is 2.95. The molecule has 0 saturated carbocycles. The third-order valence-electron chi connectivity index (χ3n) is 2.16. The fourth-order valence-electron chi connectivity index (χ4n) is 1.52. The molecule has 5 heteroatoms. The average molecular weight is 209 g/mol. The van der Waals surface area contributed by atoms with Crippen molar-refractivity contribution in [2.45, 2.75) is 30.5 Å². The Morgan fingerprint density at radius 2 is 2.50 bits per heavy atom. The normalized spacial score (nSPS) is 42.2. The van der Waals surface area contributed by atoms with Crippen molar-refractivity contribution < 1.29 is 4.84 Å². The van der Waals surface area contributed by atoms with Gasteiger partial charge >= 0.3 is 0 Å². The number of alkyl halides is 1. The van der Waals surface area contributed by atoms with Crippen molar-refractivity contribution in [3.8, 4) is 0 Å². The summed E-state index contributed by atoms with van der Waals surface area (Å²) in [6.45, 7) is 0. The van der Waals surface area contributed by atoms with Gasteiger partial charge < -0.3 is 0 Å². The minimum atomic E-state index is 0.123. The molecule has 0 radical (unpaired) electrons. The number of hydroxylamine groups is 1. The van der Waals surface area contributed by atoms with Gasteiger partial charge in [-0.1, -0.05) is 0 Å². The summed E-state index contributed by atoms with van der Waals surface area (Å²) in [4.78, 5) is 5.37. The van der Waals surface area contributed by atoms with E-state index in [2.05, 4.69) is 10.8 Å². The maximum atomic E-state index is 5.67. The van der Waals surface area contributed by atoms with Gasteiger partial charge in [0, 0.05) is 5.25 Å². The molecule has 0 aliphatic carbocycles. The average Bonchev–Trinajstić information content (AvgIpc) is 2.75. The van der Waals surface area contributed by atoms with Crippen LogP contribution in [-0.2, 0) is 4.84 Å². The van der Waals surface area contributed by atoms with Crippen LogP contribution >= 0.6 is 23.4 Å². The van der Waals surface area contributed by atoms with Gasteiger partial charge in [0.1, 0.15) is 6.23 Å². The molecule has 2 aliphatic heterocycles. The SMILES string of the molecule is ClCC1NOC(C2CCCS2)N1. The minimum absolute atomic E-state index is 0.123. The van der Waals surface area contributed by atoms with Crippen molar-refractivity contribution in [1.29, 1.82) is 0 Å². The molecule has 0 aromatic heterocycles. The molecule has 2 saturated heterocycles. The van der Waals surface area contributed by atoms with Crippen LogP contribution in [0.3, 0.4) is 0 Å². The van der Waals surface area contributed by atoms with E-state index in [1.165, 1.54) is 18.6 Å². The van der Waals surface area contributed by atoms with Gasteiger partial charge in [0.2, 0.25) is 0 Å². The lowest BCUT2D eigenvalue weighted by Gasteiger charge is -2.15. The predicted octanol–water partition coefficient (Wildman–Crippen LogP) is 0.897. The highest BCUT2D eigenvalue weighted by Gasteiger charge is 2.32. The zero-order valence-corrected chi connectivity index (χ0v) is 8.33. The lowest BCUT2D eigenvalue weighted by Crippen LogP contribution is -2.38. The van der Waals surface area contributed by atoms with Crippen LogP contribution in [-0.4, -0.2) is 29.3 Å². The van der Waals surface area contributed by atoms with Gasteiger partial charge in [-0.15, -0.1) is 11.6 Å². The minimum Gasteiger partial charge on any atom is -0.280 e. The monoisotopic (exact) mass is 208 g/mol. The van der Waals surface area contributed by atoms with E-state index in [-0.39, 0.29) is 12.4 Å². The van der Waals surface area contributed by atoms with Crippen LogP contribution in [0.15, 0.2) is 0 Å². The topological polar surface area (TPSA) is 33.3 Å². The van der Waals surface area contributed by atoms with Crippen molar-refractivity contribution >= 4 is 23.4 Å². The first-order valence-corrected chi connectivity index (χ1v) is 5.83. The van der Waals surface area contributed by atoms with Crippen molar-refractivity contribution in [3.63, 3.8) is 0 Å². The second-order valence-electron chi connectivity index (χ2n) is 3.08. The standard InChI is InChI=1S/C7H13ClN2OS/c8-4-6-9-7(11-10-6)5-2-1-3-12-5/h5-7,9-10H,1-4H2. The Bertz CT molecular complexity index is 154. The largest absolute Gasteiger partial charge is 0.280 e. The second kappa shape index (κ2) is 4.15. The summed E-state index contributed by atoms with van der Waals surface area (Å²) in [5, 5.41) is 3.90. The number of hydrogen-bond donors (Lipinski definition) is 2. The van der Waals surface area contributed by atoms with Gasteiger partial charge in [-0.05, 0) is 18.6 Å². The smallest absolute Gasteiger partial charge is 0.142 e. The van der Waals surface area contributed by atoms with Crippen molar-refractivity contribution in [2.75, 3.05) is 11.6 Å². The zero-order valence-electron chi connectivity index (χ0n) is 6.75. The number of thioether (sulfide) groups is 1. The molecule has 2 fully saturated rings. The van der Waals surface area contributed by atoms with Crippen LogP contribution in [0.2, 0.25) is 0 Å². The van der Waals surface area contributed by atoms with Crippen molar-refractivity contribution in [1.82, 2.24) is 10.8 Å². The third kappa shape index (κ3) is 1.88. The van der Waals surface area contributed by atoms with E-state index >= 15 is 0 Å². The van der Waals surface area contributed by atoms with E-state index in [1.54, 1.807) is 0 Å². The summed E-state index contributed by atoms with van der Waals surface area (Å²) in [5.41, 5.74) is 2.88. The molecular weight excluding hydrogens is 196 g/mol. The molecule has 0 aromatic rings. The first-order chi connectivity index (χ1) is 5.90. The van der Waals surface area contributed by atoms with E-state index in [0.717, 1.165) is 0 Å². The van der Waals surface area contributed by atoms with Gasteiger partial charge in [-0.2, -0.15) is 17.2 Å². The Kier molecular flexibility index (Phi) is 3.15. The fraction of sp³-hybridized carbons (Fsp3) is 1.00. The molecule has 3 unspecified atom stereocenters. The second-order valence-corrected chi connectivity index (χ2v) is 4.74. The highest BCUT2D eigenvalue weighted by Crippen LogP contribution is 2.30. The number of hydrogen-bond acceptors (Lipinski definition) is 4. The quantitative estimate of drug-likeness (QED) is 0.661. The Hall–Kier alpha value is 0.520. The molecule has 0 aromatic carbocycles. The highest BCUT2D eigenvalue weighted by molar-refractivity contribution is 8.00. The van der Waals surface area contributed by atoms with Crippen LogP contribution in [0.5, 0.6) is 0 Å². The summed E-state index contributed by atoms with van der Waals surface area (Å²) in [6, 6.07) is 0. The van der Waals surface area contributed by atoms with E-state index in [9.17, 15) is 0 Å². The summed E-state index contributed by atoms with van der Waals surface area (Å²) in [5.74, 6) is 1.81. The molecule has 3 atom stereocenters. The first-order valence-electron chi connectivity index (χ1n) is 4.25. The van der Waals surface area contributed by atoms with Crippen LogP contribution in [0.1, 0.15) is 12.8 Å². The molecule has 3 nitrogen and oxygen atoms in total. The van der Waals surface area contributed by atoms with Crippen LogP contribution in [0, 0.1) is 0 Å². The van der Waals surface area contributed by atoms with Gasteiger partial charge in [-0.3, -0.25) is 10.2 Å². The van der Waals surface area contributed by atoms with Gasteiger partial charge in [0.25, 0.3) is 0 Å². The Labute approximate surface area is 81.5 Å². The summed E-state index contributed by atoms with van der Waals surface area (Å²) in [6.07, 6.45) is 2.83. The maximum absolute atomic E-state index is 5.67. The van der Waals surface area contributed by atoms with Gasteiger partial charge in [-0.25, -0.2) is 0 Å². The summed E-state index contributed by atoms with van der Waals surface area (Å²) in [7, 11) is 0. The number of nitrogens with one attached hydrogen (secondary N) is 2. The van der Waals surface area contributed by atoms with Crippen molar-refractivity contribution in [2.24, 2.45) is 0 Å². The molecule has 2 rings (SSSR count). The van der Waals surface area contributed by atoms with Crippen LogP contribution in [0.25, 0.3) is 0 Å². The third-order valence-corrected chi connectivity index (χ3v) is 3.90. The molecular formula is C7H13ClN2OS. The summed E-state index contributed by atoms with van der Waals surface area (Å²) >= 11 is 7.65. The lowest BCUT2D eigenvalue weighted by molar-refractivity contribution is 0.0226. The molecule has 70 valence electrons. The molecule has 0 bridgehead atoms. The number of rotatable bonds is 2. The first kappa shape index (κ1) is 9.09. The van der Waals surface area contributed by atoms with Gasteiger partial charge in [0.15, 0.2) is 0 Å². The Balaban J connectivity index is 1.81. The Morgan fingerprint density at radius 3 is 3.08 bits per heavy atom. The molecule has 2 N–H and O–H groups in total. The maximum Gasteiger partial charge on any atom is 0.142 e.